The number of likely N-dealkylation sites (N-methyl/N-ethyl adjacent to an activating group) is 1. The van der Waals surface area contributed by atoms with E-state index in [4.69, 9.17) is 4.52 Å². The van der Waals surface area contributed by atoms with Crippen LogP contribution in [0.1, 0.15) is 40.7 Å². The fourth-order valence-corrected chi connectivity index (χ4v) is 2.80. The molecule has 1 saturated heterocycles. The third kappa shape index (κ3) is 2.67. The molecular weight excluding hydrogens is 294 g/mol. The van der Waals surface area contributed by atoms with Gasteiger partial charge in [0.05, 0.1) is 11.7 Å². The number of carbonyl (C=O) groups excluding carboxylic acids is 1. The third-order valence-corrected chi connectivity index (χ3v) is 4.57. The summed E-state index contributed by atoms with van der Waals surface area (Å²) in [4.78, 5) is 16.2. The molecule has 3 heterocycles. The Kier molecular flexibility index (Phi) is 3.28. The molecular formula is C16H19N5O2. The van der Waals surface area contributed by atoms with E-state index in [0.717, 1.165) is 24.6 Å². The van der Waals surface area contributed by atoms with Crippen molar-refractivity contribution in [2.75, 3.05) is 25.0 Å². The molecule has 2 fully saturated rings. The molecule has 7 heteroatoms. The van der Waals surface area contributed by atoms with Gasteiger partial charge < -0.3 is 14.3 Å². The first-order valence-electron chi connectivity index (χ1n) is 7.91. The maximum atomic E-state index is 12.3. The van der Waals surface area contributed by atoms with Crippen LogP contribution >= 0.6 is 0 Å². The second-order valence-electron chi connectivity index (χ2n) is 6.39. The molecule has 0 radical (unpaired) electrons. The number of aryl methyl sites for hydroxylation is 1. The summed E-state index contributed by atoms with van der Waals surface area (Å²) in [5.74, 6) is 2.03. The van der Waals surface area contributed by atoms with Crippen LogP contribution in [0.15, 0.2) is 22.7 Å². The van der Waals surface area contributed by atoms with E-state index in [9.17, 15) is 4.79 Å². The van der Waals surface area contributed by atoms with Crippen LogP contribution in [0.25, 0.3) is 0 Å². The lowest BCUT2D eigenvalue weighted by Crippen LogP contribution is -2.60. The van der Waals surface area contributed by atoms with E-state index in [1.165, 1.54) is 12.8 Å². The zero-order valence-corrected chi connectivity index (χ0v) is 13.3. The van der Waals surface area contributed by atoms with Crippen molar-refractivity contribution in [2.24, 2.45) is 0 Å². The predicted octanol–water partition coefficient (Wildman–Crippen LogP) is 1.61. The standard InChI is InChI=1S/C16H19N5O2/c1-10-7-14(19-23-10)16(22)20(2)12-8-21(9-12)15-6-5-13(17-18-15)11-3-4-11/h5-7,11-12H,3-4,8-9H2,1-2H3. The molecule has 1 aliphatic heterocycles. The Morgan fingerprint density at radius 2 is 2.09 bits per heavy atom. The van der Waals surface area contributed by atoms with Crippen molar-refractivity contribution >= 4 is 11.7 Å². The van der Waals surface area contributed by atoms with Gasteiger partial charge >= 0.3 is 0 Å². The maximum absolute atomic E-state index is 12.3. The van der Waals surface area contributed by atoms with Gasteiger partial charge in [0.1, 0.15) is 5.76 Å². The predicted molar refractivity (Wildman–Crippen MR) is 83.3 cm³/mol. The summed E-state index contributed by atoms with van der Waals surface area (Å²) in [6.07, 6.45) is 2.46. The topological polar surface area (TPSA) is 75.4 Å². The van der Waals surface area contributed by atoms with Crippen molar-refractivity contribution in [1.29, 1.82) is 0 Å². The van der Waals surface area contributed by atoms with Crippen LogP contribution in [0, 0.1) is 6.92 Å². The second-order valence-corrected chi connectivity index (χ2v) is 6.39. The van der Waals surface area contributed by atoms with Crippen molar-refractivity contribution in [2.45, 2.75) is 31.7 Å². The van der Waals surface area contributed by atoms with Crippen molar-refractivity contribution < 1.29 is 9.32 Å². The highest BCUT2D eigenvalue weighted by Crippen LogP contribution is 2.38. The number of nitrogens with zero attached hydrogens (tertiary/aromatic N) is 5. The van der Waals surface area contributed by atoms with Crippen LogP contribution in [0.5, 0.6) is 0 Å². The normalized spacial score (nSPS) is 17.9. The molecule has 0 spiro atoms. The lowest BCUT2D eigenvalue weighted by molar-refractivity contribution is 0.0694. The minimum Gasteiger partial charge on any atom is -0.361 e. The van der Waals surface area contributed by atoms with E-state index in [1.807, 2.05) is 6.07 Å². The number of hydrogen-bond acceptors (Lipinski definition) is 6. The fraction of sp³-hybridized carbons (Fsp3) is 0.500. The van der Waals surface area contributed by atoms with Gasteiger partial charge in [0.15, 0.2) is 11.5 Å². The van der Waals surface area contributed by atoms with E-state index < -0.39 is 0 Å². The average Bonchev–Trinajstić information content (AvgIpc) is 3.27. The summed E-state index contributed by atoms with van der Waals surface area (Å²) in [6, 6.07) is 5.92. The summed E-state index contributed by atoms with van der Waals surface area (Å²) in [6.45, 7) is 3.30. The lowest BCUT2D eigenvalue weighted by atomic mass is 10.1. The minimum atomic E-state index is -0.110. The van der Waals surface area contributed by atoms with Crippen LogP contribution in [0.3, 0.4) is 0 Å². The number of anilines is 1. The number of rotatable bonds is 4. The van der Waals surface area contributed by atoms with Crippen molar-refractivity contribution in [3.05, 3.63) is 35.3 Å². The van der Waals surface area contributed by atoms with E-state index in [1.54, 1.807) is 24.9 Å². The van der Waals surface area contributed by atoms with Gasteiger partial charge in [0.25, 0.3) is 5.91 Å². The molecule has 4 rings (SSSR count). The largest absolute Gasteiger partial charge is 0.361 e. The van der Waals surface area contributed by atoms with Gasteiger partial charge in [-0.1, -0.05) is 5.16 Å². The molecule has 0 unspecified atom stereocenters. The molecule has 2 aromatic heterocycles. The fourth-order valence-electron chi connectivity index (χ4n) is 2.80. The molecule has 23 heavy (non-hydrogen) atoms. The molecule has 2 aliphatic rings. The number of amides is 1. The van der Waals surface area contributed by atoms with Gasteiger partial charge in [-0.05, 0) is 31.9 Å². The second kappa shape index (κ2) is 5.33. The van der Waals surface area contributed by atoms with Crippen LogP contribution in [0.4, 0.5) is 5.82 Å². The Bertz CT molecular complexity index is 716. The number of hydrogen-bond donors (Lipinski definition) is 0. The summed E-state index contributed by atoms with van der Waals surface area (Å²) >= 11 is 0. The Balaban J connectivity index is 1.35. The molecule has 2 aromatic rings. The molecule has 0 atom stereocenters. The Hall–Kier alpha value is -2.44. The summed E-state index contributed by atoms with van der Waals surface area (Å²) in [5, 5.41) is 12.4. The maximum Gasteiger partial charge on any atom is 0.276 e. The van der Waals surface area contributed by atoms with E-state index in [2.05, 4.69) is 26.3 Å². The van der Waals surface area contributed by atoms with Crippen molar-refractivity contribution in [3.8, 4) is 0 Å². The van der Waals surface area contributed by atoms with Gasteiger partial charge in [-0.25, -0.2) is 0 Å². The Morgan fingerprint density at radius 1 is 1.30 bits per heavy atom. The molecule has 1 amide bonds. The Morgan fingerprint density at radius 3 is 2.65 bits per heavy atom. The monoisotopic (exact) mass is 313 g/mol. The average molecular weight is 313 g/mol. The van der Waals surface area contributed by atoms with Gasteiger partial charge in [-0.3, -0.25) is 4.79 Å². The smallest absolute Gasteiger partial charge is 0.276 e. The first kappa shape index (κ1) is 14.2. The molecule has 120 valence electrons. The lowest BCUT2D eigenvalue weighted by Gasteiger charge is -2.44. The molecule has 1 saturated carbocycles. The van der Waals surface area contributed by atoms with E-state index >= 15 is 0 Å². The summed E-state index contributed by atoms with van der Waals surface area (Å²) in [7, 11) is 1.80. The number of aromatic nitrogens is 3. The first-order valence-corrected chi connectivity index (χ1v) is 7.91. The number of carbonyl (C=O) groups is 1. The molecule has 0 bridgehead atoms. The van der Waals surface area contributed by atoms with Crippen LogP contribution in [0.2, 0.25) is 0 Å². The zero-order chi connectivity index (χ0) is 16.0. The summed E-state index contributed by atoms with van der Waals surface area (Å²) < 4.78 is 4.97. The van der Waals surface area contributed by atoms with E-state index in [-0.39, 0.29) is 11.9 Å². The zero-order valence-electron chi connectivity index (χ0n) is 13.3. The highest BCUT2D eigenvalue weighted by atomic mass is 16.5. The van der Waals surface area contributed by atoms with Crippen LogP contribution in [-0.2, 0) is 0 Å². The summed E-state index contributed by atoms with van der Waals surface area (Å²) in [5.41, 5.74) is 1.46. The van der Waals surface area contributed by atoms with Crippen LogP contribution < -0.4 is 4.90 Å². The quantitative estimate of drug-likeness (QED) is 0.853. The van der Waals surface area contributed by atoms with Crippen molar-refractivity contribution in [1.82, 2.24) is 20.3 Å². The van der Waals surface area contributed by atoms with Gasteiger partial charge in [0, 0.05) is 32.1 Å². The van der Waals surface area contributed by atoms with Gasteiger partial charge in [-0.15, -0.1) is 5.10 Å². The highest BCUT2D eigenvalue weighted by Gasteiger charge is 2.35. The van der Waals surface area contributed by atoms with Gasteiger partial charge in [0.2, 0.25) is 0 Å². The van der Waals surface area contributed by atoms with E-state index in [0.29, 0.717) is 17.4 Å². The highest BCUT2D eigenvalue weighted by molar-refractivity contribution is 5.92. The third-order valence-electron chi connectivity index (χ3n) is 4.57. The van der Waals surface area contributed by atoms with Crippen LogP contribution in [-0.4, -0.2) is 52.3 Å². The molecule has 0 aromatic carbocycles. The Labute approximate surface area is 134 Å². The molecule has 0 N–H and O–H groups in total. The molecule has 1 aliphatic carbocycles. The SMILES string of the molecule is Cc1cc(C(=O)N(C)C2CN(c3ccc(C4CC4)nn3)C2)no1. The molecule has 7 nitrogen and oxygen atoms in total. The first-order chi connectivity index (χ1) is 11.1. The minimum absolute atomic E-state index is 0.110. The van der Waals surface area contributed by atoms with Gasteiger partial charge in [-0.2, -0.15) is 5.10 Å². The van der Waals surface area contributed by atoms with Crippen molar-refractivity contribution in [3.63, 3.8) is 0 Å².